The molecule has 0 aliphatic carbocycles. The van der Waals surface area contributed by atoms with Gasteiger partial charge in [0.2, 0.25) is 0 Å². The third-order valence-corrected chi connectivity index (χ3v) is 5.14. The normalized spacial score (nSPS) is 20.4. The van der Waals surface area contributed by atoms with Crippen molar-refractivity contribution in [2.75, 3.05) is 24.6 Å². The second-order valence-electron chi connectivity index (χ2n) is 4.30. The van der Waals surface area contributed by atoms with Gasteiger partial charge in [-0.3, -0.25) is 0 Å². The van der Waals surface area contributed by atoms with Crippen LogP contribution >= 0.6 is 0 Å². The highest BCUT2D eigenvalue weighted by molar-refractivity contribution is 7.91. The molecule has 0 amide bonds. The predicted octanol–water partition coefficient (Wildman–Crippen LogP) is 1.20. The van der Waals surface area contributed by atoms with Gasteiger partial charge >= 0.3 is 0 Å². The molecule has 0 unspecified atom stereocenters. The van der Waals surface area contributed by atoms with Crippen LogP contribution in [0, 0.1) is 5.41 Å². The van der Waals surface area contributed by atoms with Gasteiger partial charge in [0.1, 0.15) is 9.84 Å². The summed E-state index contributed by atoms with van der Waals surface area (Å²) in [6.07, 6.45) is 3.04. The molecular formula is C10H21NO2S. The lowest BCUT2D eigenvalue weighted by molar-refractivity contribution is 0.145. The van der Waals surface area contributed by atoms with Crippen LogP contribution in [0.3, 0.4) is 0 Å². The first-order valence-electron chi connectivity index (χ1n) is 5.45. The van der Waals surface area contributed by atoms with Crippen molar-refractivity contribution in [3.63, 3.8) is 0 Å². The summed E-state index contributed by atoms with van der Waals surface area (Å²) in [5, 5.41) is 3.27. The van der Waals surface area contributed by atoms with Crippen LogP contribution in [0.15, 0.2) is 0 Å². The lowest BCUT2D eigenvalue weighted by Gasteiger charge is -2.42. The van der Waals surface area contributed by atoms with Gasteiger partial charge in [-0.15, -0.1) is 0 Å². The van der Waals surface area contributed by atoms with Gasteiger partial charge in [-0.25, -0.2) is 8.42 Å². The fourth-order valence-electron chi connectivity index (χ4n) is 1.89. The SMILES string of the molecule is CCC1(CCCS(=O)(=O)CC)CNC1. The van der Waals surface area contributed by atoms with E-state index in [0.29, 0.717) is 11.2 Å². The standard InChI is InChI=1S/C10H21NO2S/c1-3-10(8-11-9-10)6-5-7-14(12,13)4-2/h11H,3-9H2,1-2H3. The summed E-state index contributed by atoms with van der Waals surface area (Å²) in [5.41, 5.74) is 0.406. The second-order valence-corrected chi connectivity index (χ2v) is 6.77. The fraction of sp³-hybridized carbons (Fsp3) is 1.00. The molecule has 1 N–H and O–H groups in total. The first-order chi connectivity index (χ1) is 6.54. The van der Waals surface area contributed by atoms with Crippen molar-refractivity contribution < 1.29 is 8.42 Å². The van der Waals surface area contributed by atoms with Gasteiger partial charge in [-0.1, -0.05) is 13.8 Å². The van der Waals surface area contributed by atoms with E-state index < -0.39 is 9.84 Å². The summed E-state index contributed by atoms with van der Waals surface area (Å²) < 4.78 is 22.5. The molecule has 1 aliphatic heterocycles. The molecule has 0 bridgehead atoms. The lowest BCUT2D eigenvalue weighted by Crippen LogP contribution is -2.53. The first-order valence-corrected chi connectivity index (χ1v) is 7.27. The molecule has 1 fully saturated rings. The molecule has 0 radical (unpaired) electrons. The van der Waals surface area contributed by atoms with Gasteiger partial charge in [0, 0.05) is 18.8 Å². The van der Waals surface area contributed by atoms with E-state index in [2.05, 4.69) is 12.2 Å². The zero-order valence-electron chi connectivity index (χ0n) is 9.17. The molecule has 0 aromatic heterocycles. The number of nitrogens with one attached hydrogen (secondary N) is 1. The Bertz CT molecular complexity index is 262. The van der Waals surface area contributed by atoms with Crippen LogP contribution in [-0.4, -0.2) is 33.0 Å². The zero-order chi connectivity index (χ0) is 10.7. The number of rotatable bonds is 6. The molecule has 3 nitrogen and oxygen atoms in total. The number of sulfone groups is 1. The highest BCUT2D eigenvalue weighted by Gasteiger charge is 2.34. The molecule has 14 heavy (non-hydrogen) atoms. The van der Waals surface area contributed by atoms with Gasteiger partial charge in [-0.2, -0.15) is 0 Å². The molecule has 4 heteroatoms. The maximum atomic E-state index is 11.3. The number of hydrogen-bond donors (Lipinski definition) is 1. The third-order valence-electron chi connectivity index (χ3n) is 3.35. The quantitative estimate of drug-likeness (QED) is 0.730. The van der Waals surface area contributed by atoms with Crippen LogP contribution in [0.1, 0.15) is 33.1 Å². The lowest BCUT2D eigenvalue weighted by atomic mass is 9.76. The van der Waals surface area contributed by atoms with Crippen molar-refractivity contribution in [3.05, 3.63) is 0 Å². The van der Waals surface area contributed by atoms with Gasteiger partial charge < -0.3 is 5.32 Å². The van der Waals surface area contributed by atoms with Crippen molar-refractivity contribution in [2.24, 2.45) is 5.41 Å². The van der Waals surface area contributed by atoms with Crippen LogP contribution in [0.2, 0.25) is 0 Å². The molecule has 1 heterocycles. The molecule has 0 atom stereocenters. The van der Waals surface area contributed by atoms with Crippen molar-refractivity contribution in [1.82, 2.24) is 5.32 Å². The Hall–Kier alpha value is -0.0900. The summed E-state index contributed by atoms with van der Waals surface area (Å²) in [7, 11) is -2.75. The van der Waals surface area contributed by atoms with Crippen LogP contribution in [0.25, 0.3) is 0 Å². The Morgan fingerprint density at radius 1 is 1.29 bits per heavy atom. The Morgan fingerprint density at radius 2 is 1.93 bits per heavy atom. The smallest absolute Gasteiger partial charge is 0.150 e. The summed E-state index contributed by atoms with van der Waals surface area (Å²) in [6.45, 7) is 6.04. The van der Waals surface area contributed by atoms with Crippen LogP contribution in [-0.2, 0) is 9.84 Å². The average Bonchev–Trinajstić information content (AvgIpc) is 2.10. The van der Waals surface area contributed by atoms with Gasteiger partial charge in [-0.05, 0) is 24.7 Å². The molecule has 1 rings (SSSR count). The van der Waals surface area contributed by atoms with E-state index in [-0.39, 0.29) is 5.75 Å². The van der Waals surface area contributed by atoms with E-state index in [0.717, 1.165) is 32.4 Å². The van der Waals surface area contributed by atoms with Crippen molar-refractivity contribution in [2.45, 2.75) is 33.1 Å². The summed E-state index contributed by atoms with van der Waals surface area (Å²) in [6, 6.07) is 0. The summed E-state index contributed by atoms with van der Waals surface area (Å²) in [5.74, 6) is 0.648. The number of hydrogen-bond acceptors (Lipinski definition) is 3. The van der Waals surface area contributed by atoms with E-state index in [1.165, 1.54) is 0 Å². The minimum atomic E-state index is -2.75. The monoisotopic (exact) mass is 219 g/mol. The van der Waals surface area contributed by atoms with Crippen molar-refractivity contribution in [3.8, 4) is 0 Å². The average molecular weight is 219 g/mol. The third kappa shape index (κ3) is 2.95. The maximum absolute atomic E-state index is 11.3. The highest BCUT2D eigenvalue weighted by atomic mass is 32.2. The molecular weight excluding hydrogens is 198 g/mol. The zero-order valence-corrected chi connectivity index (χ0v) is 9.99. The molecule has 0 saturated carbocycles. The highest BCUT2D eigenvalue weighted by Crippen LogP contribution is 2.32. The molecule has 0 aromatic rings. The minimum Gasteiger partial charge on any atom is -0.316 e. The van der Waals surface area contributed by atoms with E-state index in [4.69, 9.17) is 0 Å². The maximum Gasteiger partial charge on any atom is 0.150 e. The molecule has 0 spiro atoms. The summed E-state index contributed by atoms with van der Waals surface area (Å²) >= 11 is 0. The van der Waals surface area contributed by atoms with Crippen LogP contribution in [0.5, 0.6) is 0 Å². The first kappa shape index (κ1) is 12.0. The van der Waals surface area contributed by atoms with Crippen LogP contribution < -0.4 is 5.32 Å². The van der Waals surface area contributed by atoms with E-state index in [1.54, 1.807) is 6.92 Å². The largest absolute Gasteiger partial charge is 0.316 e. The van der Waals surface area contributed by atoms with E-state index in [9.17, 15) is 8.42 Å². The Kier molecular flexibility index (Phi) is 3.95. The van der Waals surface area contributed by atoms with Crippen molar-refractivity contribution >= 4 is 9.84 Å². The topological polar surface area (TPSA) is 46.2 Å². The van der Waals surface area contributed by atoms with E-state index >= 15 is 0 Å². The Morgan fingerprint density at radius 3 is 2.29 bits per heavy atom. The molecule has 84 valence electrons. The molecule has 0 aromatic carbocycles. The predicted molar refractivity (Wildman–Crippen MR) is 59.2 cm³/mol. The molecule has 1 saturated heterocycles. The van der Waals surface area contributed by atoms with Gasteiger partial charge in [0.25, 0.3) is 0 Å². The van der Waals surface area contributed by atoms with Gasteiger partial charge in [0.15, 0.2) is 0 Å². The van der Waals surface area contributed by atoms with Crippen molar-refractivity contribution in [1.29, 1.82) is 0 Å². The van der Waals surface area contributed by atoms with Gasteiger partial charge in [0.05, 0.1) is 5.75 Å². The molecule has 1 aliphatic rings. The Balaban J connectivity index is 2.27. The Labute approximate surface area is 87.2 Å². The fourth-order valence-corrected chi connectivity index (χ4v) is 2.77. The van der Waals surface area contributed by atoms with Crippen LogP contribution in [0.4, 0.5) is 0 Å². The van der Waals surface area contributed by atoms with E-state index in [1.807, 2.05) is 0 Å². The second kappa shape index (κ2) is 4.62. The minimum absolute atomic E-state index is 0.282. The summed E-state index contributed by atoms with van der Waals surface area (Å²) in [4.78, 5) is 0.